The molecule has 4 aromatic rings. The zero-order valence-electron chi connectivity index (χ0n) is 17.4. The summed E-state index contributed by atoms with van der Waals surface area (Å²) >= 11 is 1.59. The minimum absolute atomic E-state index is 0.144. The Morgan fingerprint density at radius 1 is 1.16 bits per heavy atom. The van der Waals surface area contributed by atoms with Crippen LogP contribution in [0.4, 0.5) is 20.8 Å². The molecule has 0 spiro atoms. The third-order valence-corrected chi connectivity index (χ3v) is 6.57. The molecule has 3 heterocycles. The van der Waals surface area contributed by atoms with Crippen molar-refractivity contribution < 1.29 is 9.18 Å². The van der Waals surface area contributed by atoms with E-state index < -0.39 is 0 Å². The molecule has 0 saturated heterocycles. The highest BCUT2D eigenvalue weighted by Gasteiger charge is 2.24. The van der Waals surface area contributed by atoms with Crippen molar-refractivity contribution in [2.24, 2.45) is 0 Å². The number of nitrogens with zero attached hydrogens (tertiary/aromatic N) is 4. The molecule has 7 nitrogen and oxygen atoms in total. The number of aromatic nitrogens is 3. The minimum atomic E-state index is -0.302. The van der Waals surface area contributed by atoms with E-state index in [9.17, 15) is 9.18 Å². The fourth-order valence-corrected chi connectivity index (χ4v) is 4.58. The first-order chi connectivity index (χ1) is 15.5. The number of para-hydroxylation sites is 1. The van der Waals surface area contributed by atoms with Crippen LogP contribution in [-0.4, -0.2) is 32.4 Å². The average molecular weight is 449 g/mol. The van der Waals surface area contributed by atoms with Crippen LogP contribution in [-0.2, 0) is 13.0 Å². The number of hydrogen-bond acceptors (Lipinski definition) is 6. The maximum atomic E-state index is 13.1. The highest BCUT2D eigenvalue weighted by molar-refractivity contribution is 7.18. The van der Waals surface area contributed by atoms with E-state index in [2.05, 4.69) is 25.6 Å². The molecule has 0 aliphatic carbocycles. The third kappa shape index (κ3) is 4.24. The summed E-state index contributed by atoms with van der Waals surface area (Å²) in [5.41, 5.74) is 3.47. The summed E-state index contributed by atoms with van der Waals surface area (Å²) in [6, 6.07) is 13.6. The number of rotatable bonds is 4. The van der Waals surface area contributed by atoms with Crippen LogP contribution in [0, 0.1) is 5.82 Å². The predicted molar refractivity (Wildman–Crippen MR) is 122 cm³/mol. The lowest BCUT2D eigenvalue weighted by Crippen LogP contribution is -2.43. The molecule has 0 radical (unpaired) electrons. The van der Waals surface area contributed by atoms with Crippen LogP contribution in [0.1, 0.15) is 29.2 Å². The zero-order valence-corrected chi connectivity index (χ0v) is 18.2. The Morgan fingerprint density at radius 3 is 2.78 bits per heavy atom. The van der Waals surface area contributed by atoms with Crippen LogP contribution >= 0.6 is 11.3 Å². The number of carbonyl (C=O) groups is 1. The molecule has 1 aliphatic heterocycles. The van der Waals surface area contributed by atoms with Crippen molar-refractivity contribution in [2.45, 2.75) is 25.9 Å². The molecule has 5 rings (SSSR count). The van der Waals surface area contributed by atoms with Crippen molar-refractivity contribution in [1.82, 2.24) is 25.2 Å². The lowest BCUT2D eigenvalue weighted by atomic mass is 10.1. The SMILES string of the molecule is CC(NC(=O)N1CCc2cnc(Nc3ccc(F)cc3)nc2C1)c1nc2ccccc2s1. The van der Waals surface area contributed by atoms with Crippen molar-refractivity contribution in [1.29, 1.82) is 0 Å². The number of urea groups is 1. The number of benzene rings is 2. The minimum Gasteiger partial charge on any atom is -0.329 e. The summed E-state index contributed by atoms with van der Waals surface area (Å²) in [4.78, 5) is 28.2. The van der Waals surface area contributed by atoms with Crippen LogP contribution in [0.15, 0.2) is 54.7 Å². The molecule has 1 aliphatic rings. The fourth-order valence-electron chi connectivity index (χ4n) is 3.61. The van der Waals surface area contributed by atoms with E-state index in [4.69, 9.17) is 0 Å². The largest absolute Gasteiger partial charge is 0.329 e. The molecule has 2 amide bonds. The molecule has 1 atom stereocenters. The fraction of sp³-hybridized carbons (Fsp3) is 0.217. The lowest BCUT2D eigenvalue weighted by Gasteiger charge is -2.29. The van der Waals surface area contributed by atoms with Gasteiger partial charge in [-0.15, -0.1) is 11.3 Å². The van der Waals surface area contributed by atoms with Gasteiger partial charge in [-0.3, -0.25) is 0 Å². The predicted octanol–water partition coefficient (Wildman–Crippen LogP) is 4.80. The molecule has 1 unspecified atom stereocenters. The van der Waals surface area contributed by atoms with Crippen molar-refractivity contribution in [3.63, 3.8) is 0 Å². The van der Waals surface area contributed by atoms with E-state index in [1.165, 1.54) is 12.1 Å². The number of nitrogens with one attached hydrogen (secondary N) is 2. The number of thiazole rings is 1. The van der Waals surface area contributed by atoms with Gasteiger partial charge in [0.15, 0.2) is 0 Å². The van der Waals surface area contributed by atoms with Crippen LogP contribution in [0.5, 0.6) is 0 Å². The van der Waals surface area contributed by atoms with Crippen LogP contribution in [0.2, 0.25) is 0 Å². The van der Waals surface area contributed by atoms with Gasteiger partial charge in [0.1, 0.15) is 10.8 Å². The standard InChI is InChI=1S/C23H21FN6OS/c1-14(21-28-18-4-2-3-5-20(18)32-21)26-23(31)30-11-10-15-12-25-22(29-19(15)13-30)27-17-8-6-16(24)7-9-17/h2-9,12,14H,10-11,13H2,1H3,(H,26,31)(H,25,27,29). The summed E-state index contributed by atoms with van der Waals surface area (Å²) < 4.78 is 14.2. The number of fused-ring (bicyclic) bond motifs is 2. The number of amides is 2. The Morgan fingerprint density at radius 2 is 1.97 bits per heavy atom. The first-order valence-electron chi connectivity index (χ1n) is 10.3. The molecule has 2 aromatic carbocycles. The van der Waals surface area contributed by atoms with Gasteiger partial charge in [-0.2, -0.15) is 0 Å². The Labute approximate surface area is 188 Å². The first-order valence-corrected chi connectivity index (χ1v) is 11.1. The quantitative estimate of drug-likeness (QED) is 0.469. The number of halogens is 1. The summed E-state index contributed by atoms with van der Waals surface area (Å²) in [6.45, 7) is 2.94. The molecule has 9 heteroatoms. The van der Waals surface area contributed by atoms with Crippen molar-refractivity contribution in [3.05, 3.63) is 76.8 Å². The van der Waals surface area contributed by atoms with Crippen molar-refractivity contribution in [2.75, 3.05) is 11.9 Å². The van der Waals surface area contributed by atoms with Crippen LogP contribution < -0.4 is 10.6 Å². The van der Waals surface area contributed by atoms with Gasteiger partial charge in [0.2, 0.25) is 5.95 Å². The topological polar surface area (TPSA) is 83.0 Å². The molecule has 2 N–H and O–H groups in total. The van der Waals surface area contributed by atoms with Gasteiger partial charge in [0, 0.05) is 18.4 Å². The van der Waals surface area contributed by atoms with E-state index in [1.54, 1.807) is 34.6 Å². The van der Waals surface area contributed by atoms with E-state index in [0.717, 1.165) is 26.5 Å². The highest BCUT2D eigenvalue weighted by Crippen LogP contribution is 2.26. The molecule has 0 bridgehead atoms. The number of hydrogen-bond donors (Lipinski definition) is 2. The Kier molecular flexibility index (Phi) is 5.40. The zero-order chi connectivity index (χ0) is 22.1. The van der Waals surface area contributed by atoms with Crippen molar-refractivity contribution in [3.8, 4) is 0 Å². The third-order valence-electron chi connectivity index (χ3n) is 5.35. The van der Waals surface area contributed by atoms with E-state index in [-0.39, 0.29) is 17.9 Å². The maximum Gasteiger partial charge on any atom is 0.318 e. The second-order valence-corrected chi connectivity index (χ2v) is 8.72. The van der Waals surface area contributed by atoms with Gasteiger partial charge in [0.25, 0.3) is 0 Å². The normalized spacial score (nSPS) is 14.1. The summed E-state index contributed by atoms with van der Waals surface area (Å²) in [5.74, 6) is 0.115. The molecular weight excluding hydrogens is 427 g/mol. The van der Waals surface area contributed by atoms with Crippen LogP contribution in [0.3, 0.4) is 0 Å². The number of carbonyl (C=O) groups excluding carboxylic acids is 1. The molecule has 162 valence electrons. The summed E-state index contributed by atoms with van der Waals surface area (Å²) in [5, 5.41) is 7.01. The highest BCUT2D eigenvalue weighted by atomic mass is 32.1. The van der Waals surface area contributed by atoms with Gasteiger partial charge in [-0.25, -0.2) is 24.1 Å². The summed E-state index contributed by atoms with van der Waals surface area (Å²) in [7, 11) is 0. The second kappa shape index (κ2) is 8.51. The molecule has 0 fully saturated rings. The van der Waals surface area contributed by atoms with Gasteiger partial charge in [0.05, 0.1) is 28.5 Å². The molecule has 0 saturated carbocycles. The van der Waals surface area contributed by atoms with Crippen LogP contribution in [0.25, 0.3) is 10.2 Å². The molecular formula is C23H21FN6OS. The first kappa shape index (κ1) is 20.3. The Hall–Kier alpha value is -3.59. The van der Waals surface area contributed by atoms with E-state index >= 15 is 0 Å². The average Bonchev–Trinajstić information content (AvgIpc) is 3.25. The van der Waals surface area contributed by atoms with Gasteiger partial charge < -0.3 is 15.5 Å². The van der Waals surface area contributed by atoms with E-state index in [1.807, 2.05) is 31.2 Å². The number of anilines is 2. The maximum absolute atomic E-state index is 13.1. The monoisotopic (exact) mass is 448 g/mol. The lowest BCUT2D eigenvalue weighted by molar-refractivity contribution is 0.188. The summed E-state index contributed by atoms with van der Waals surface area (Å²) in [6.07, 6.45) is 2.47. The van der Waals surface area contributed by atoms with Gasteiger partial charge >= 0.3 is 6.03 Å². The Bertz CT molecular complexity index is 1240. The Balaban J connectivity index is 1.26. The van der Waals surface area contributed by atoms with Gasteiger partial charge in [-0.05, 0) is 55.3 Å². The van der Waals surface area contributed by atoms with Gasteiger partial charge in [-0.1, -0.05) is 12.1 Å². The molecule has 2 aromatic heterocycles. The smallest absolute Gasteiger partial charge is 0.318 e. The molecule has 32 heavy (non-hydrogen) atoms. The second-order valence-electron chi connectivity index (χ2n) is 7.66. The van der Waals surface area contributed by atoms with E-state index in [0.29, 0.717) is 31.1 Å². The van der Waals surface area contributed by atoms with Crippen molar-refractivity contribution >= 4 is 39.2 Å².